The number of amides is 1. The van der Waals surface area contributed by atoms with Crippen LogP contribution in [0.3, 0.4) is 0 Å². The molecule has 164 valence electrons. The highest BCUT2D eigenvalue weighted by molar-refractivity contribution is 7.89. The molecule has 5 aliphatic rings. The predicted octanol–water partition coefficient (Wildman–Crippen LogP) is 3.86. The molecule has 1 aromatic carbocycles. The fourth-order valence-corrected chi connectivity index (χ4v) is 8.44. The number of rotatable bonds is 4. The Bertz CT molecular complexity index is 879. The second-order valence-electron chi connectivity index (χ2n) is 10.6. The van der Waals surface area contributed by atoms with Gasteiger partial charge in [0.05, 0.1) is 10.3 Å². The smallest absolute Gasteiger partial charge is 0.243 e. The molecule has 0 radical (unpaired) electrons. The van der Waals surface area contributed by atoms with Gasteiger partial charge in [-0.2, -0.15) is 4.31 Å². The van der Waals surface area contributed by atoms with Gasteiger partial charge in [-0.05, 0) is 79.9 Å². The van der Waals surface area contributed by atoms with E-state index < -0.39 is 10.0 Å². The first-order valence-corrected chi connectivity index (χ1v) is 13.1. The third kappa shape index (κ3) is 3.40. The monoisotopic (exact) mass is 430 g/mol. The van der Waals surface area contributed by atoms with Crippen LogP contribution < -0.4 is 0 Å². The van der Waals surface area contributed by atoms with Gasteiger partial charge in [0.1, 0.15) is 0 Å². The minimum atomic E-state index is -3.50. The van der Waals surface area contributed by atoms with Crippen LogP contribution in [0.15, 0.2) is 29.2 Å². The quantitative estimate of drug-likeness (QED) is 0.729. The molecule has 1 heterocycles. The molecule has 1 aromatic rings. The third-order valence-electron chi connectivity index (χ3n) is 8.20. The maximum atomic E-state index is 13.5. The Balaban J connectivity index is 1.25. The van der Waals surface area contributed by atoms with Gasteiger partial charge in [0.15, 0.2) is 0 Å². The van der Waals surface area contributed by atoms with Crippen LogP contribution in [0.25, 0.3) is 0 Å². The Kier molecular flexibility index (Phi) is 5.01. The molecule has 1 amide bonds. The molecule has 6 heteroatoms. The van der Waals surface area contributed by atoms with Gasteiger partial charge in [-0.25, -0.2) is 8.42 Å². The van der Waals surface area contributed by atoms with Gasteiger partial charge >= 0.3 is 0 Å². The van der Waals surface area contributed by atoms with Crippen LogP contribution in [-0.4, -0.2) is 49.7 Å². The van der Waals surface area contributed by atoms with Crippen molar-refractivity contribution in [1.29, 1.82) is 0 Å². The molecule has 0 N–H and O–H groups in total. The zero-order chi connectivity index (χ0) is 21.1. The summed E-state index contributed by atoms with van der Waals surface area (Å²) in [5.74, 6) is 2.93. The van der Waals surface area contributed by atoms with Crippen molar-refractivity contribution in [2.45, 2.75) is 63.2 Å². The summed E-state index contributed by atoms with van der Waals surface area (Å²) in [6.07, 6.45) is 7.19. The van der Waals surface area contributed by atoms with Crippen molar-refractivity contribution in [1.82, 2.24) is 9.21 Å². The van der Waals surface area contributed by atoms with E-state index in [9.17, 15) is 13.2 Å². The standard InChI is InChI=1S/C24H34N2O3S/c1-17(2)21-3-5-22(6-4-21)30(28,29)26-9-7-25(8-10-26)23(27)24-14-18-11-19(15-24)13-20(12-18)16-24/h3-6,17-20H,7-16H2,1-2H3. The topological polar surface area (TPSA) is 57.7 Å². The van der Waals surface area contributed by atoms with Gasteiger partial charge in [0.25, 0.3) is 0 Å². The first-order valence-electron chi connectivity index (χ1n) is 11.7. The van der Waals surface area contributed by atoms with Crippen LogP contribution >= 0.6 is 0 Å². The van der Waals surface area contributed by atoms with Crippen molar-refractivity contribution in [3.05, 3.63) is 29.8 Å². The molecule has 0 unspecified atom stereocenters. The molecule has 1 aliphatic heterocycles. The zero-order valence-electron chi connectivity index (χ0n) is 18.2. The second kappa shape index (κ2) is 7.33. The molecule has 4 bridgehead atoms. The summed E-state index contributed by atoms with van der Waals surface area (Å²) in [7, 11) is -3.50. The van der Waals surface area contributed by atoms with E-state index in [0.29, 0.717) is 42.9 Å². The number of piperazine rings is 1. The number of carbonyl (C=O) groups excluding carboxylic acids is 1. The van der Waals surface area contributed by atoms with Gasteiger partial charge in [0.2, 0.25) is 15.9 Å². The summed E-state index contributed by atoms with van der Waals surface area (Å²) >= 11 is 0. The maximum Gasteiger partial charge on any atom is 0.243 e. The van der Waals surface area contributed by atoms with Crippen LogP contribution in [0.1, 0.15) is 63.9 Å². The molecule has 4 saturated carbocycles. The highest BCUT2D eigenvalue weighted by Gasteiger charge is 2.55. The highest BCUT2D eigenvalue weighted by Crippen LogP contribution is 2.60. The van der Waals surface area contributed by atoms with Crippen molar-refractivity contribution in [2.24, 2.45) is 23.2 Å². The molecule has 5 nitrogen and oxygen atoms in total. The number of sulfonamides is 1. The highest BCUT2D eigenvalue weighted by atomic mass is 32.2. The Morgan fingerprint density at radius 1 is 0.900 bits per heavy atom. The molecular weight excluding hydrogens is 396 g/mol. The zero-order valence-corrected chi connectivity index (χ0v) is 19.0. The second-order valence-corrected chi connectivity index (χ2v) is 12.6. The van der Waals surface area contributed by atoms with E-state index in [1.807, 2.05) is 17.0 Å². The molecule has 6 rings (SSSR count). The van der Waals surface area contributed by atoms with Crippen molar-refractivity contribution >= 4 is 15.9 Å². The average Bonchev–Trinajstić information content (AvgIpc) is 2.72. The molecule has 5 fully saturated rings. The lowest BCUT2D eigenvalue weighted by atomic mass is 9.49. The third-order valence-corrected chi connectivity index (χ3v) is 10.1. The molecule has 0 spiro atoms. The normalized spacial score (nSPS) is 34.0. The predicted molar refractivity (Wildman–Crippen MR) is 116 cm³/mol. The van der Waals surface area contributed by atoms with E-state index in [-0.39, 0.29) is 5.41 Å². The lowest BCUT2D eigenvalue weighted by Crippen LogP contribution is -2.58. The average molecular weight is 431 g/mol. The van der Waals surface area contributed by atoms with Crippen LogP contribution in [0.4, 0.5) is 0 Å². The van der Waals surface area contributed by atoms with Crippen molar-refractivity contribution in [3.8, 4) is 0 Å². The van der Waals surface area contributed by atoms with Crippen molar-refractivity contribution in [2.75, 3.05) is 26.2 Å². The van der Waals surface area contributed by atoms with Crippen molar-refractivity contribution in [3.63, 3.8) is 0 Å². The maximum absolute atomic E-state index is 13.5. The Morgan fingerprint density at radius 3 is 1.87 bits per heavy atom. The van der Waals surface area contributed by atoms with Crippen molar-refractivity contribution < 1.29 is 13.2 Å². The van der Waals surface area contributed by atoms with Gasteiger partial charge in [-0.15, -0.1) is 0 Å². The van der Waals surface area contributed by atoms with Gasteiger partial charge in [-0.1, -0.05) is 26.0 Å². The van der Waals surface area contributed by atoms with Crippen LogP contribution in [-0.2, 0) is 14.8 Å². The number of benzene rings is 1. The van der Waals surface area contributed by atoms with Crippen LogP contribution in [0, 0.1) is 23.2 Å². The number of hydrogen-bond donors (Lipinski definition) is 0. The molecule has 0 aromatic heterocycles. The minimum absolute atomic E-state index is 0.136. The molecule has 1 saturated heterocycles. The van der Waals surface area contributed by atoms with E-state index in [1.165, 1.54) is 19.3 Å². The van der Waals surface area contributed by atoms with Gasteiger partial charge < -0.3 is 4.90 Å². The van der Waals surface area contributed by atoms with Gasteiger partial charge in [0, 0.05) is 26.2 Å². The SMILES string of the molecule is CC(C)c1ccc(S(=O)(=O)N2CCN(C(=O)C34CC5CC(CC(C5)C3)C4)CC2)cc1. The minimum Gasteiger partial charge on any atom is -0.340 e. The molecular formula is C24H34N2O3S. The molecule has 30 heavy (non-hydrogen) atoms. The van der Waals surface area contributed by atoms with E-state index in [4.69, 9.17) is 0 Å². The fourth-order valence-electron chi connectivity index (χ4n) is 7.01. The summed E-state index contributed by atoms with van der Waals surface area (Å²) in [6, 6.07) is 7.25. The number of carbonyl (C=O) groups is 1. The van der Waals surface area contributed by atoms with Gasteiger partial charge in [-0.3, -0.25) is 4.79 Å². The van der Waals surface area contributed by atoms with E-state index in [2.05, 4.69) is 13.8 Å². The van der Waals surface area contributed by atoms with Crippen LogP contribution in [0.5, 0.6) is 0 Å². The largest absolute Gasteiger partial charge is 0.340 e. The van der Waals surface area contributed by atoms with E-state index in [0.717, 1.165) is 42.6 Å². The first kappa shape index (κ1) is 20.5. The summed E-state index contributed by atoms with van der Waals surface area (Å²) in [6.45, 7) is 6.03. The Morgan fingerprint density at radius 2 is 1.40 bits per heavy atom. The lowest BCUT2D eigenvalue weighted by Gasteiger charge is -2.57. The number of nitrogens with zero attached hydrogens (tertiary/aromatic N) is 2. The van der Waals surface area contributed by atoms with E-state index >= 15 is 0 Å². The Hall–Kier alpha value is -1.40. The molecule has 4 aliphatic carbocycles. The summed E-state index contributed by atoms with van der Waals surface area (Å²) in [5, 5.41) is 0. The van der Waals surface area contributed by atoms with E-state index in [1.54, 1.807) is 16.4 Å². The fraction of sp³-hybridized carbons (Fsp3) is 0.708. The first-order chi connectivity index (χ1) is 14.3. The number of hydrogen-bond acceptors (Lipinski definition) is 3. The Labute approximate surface area is 180 Å². The summed E-state index contributed by atoms with van der Waals surface area (Å²) in [4.78, 5) is 15.9. The lowest BCUT2D eigenvalue weighted by molar-refractivity contribution is -0.158. The van der Waals surface area contributed by atoms with Crippen LogP contribution in [0.2, 0.25) is 0 Å². The summed E-state index contributed by atoms with van der Waals surface area (Å²) < 4.78 is 27.7. The summed E-state index contributed by atoms with van der Waals surface area (Å²) in [5.41, 5.74) is 1.00. The molecule has 0 atom stereocenters.